The fourth-order valence-electron chi connectivity index (χ4n) is 3.78. The van der Waals surface area contributed by atoms with Crippen LogP contribution in [-0.4, -0.2) is 5.54 Å². The molecule has 0 heterocycles. The van der Waals surface area contributed by atoms with Gasteiger partial charge in [-0.25, -0.2) is 0 Å². The molecule has 1 aromatic rings. The molecule has 1 nitrogen and oxygen atoms in total. The van der Waals surface area contributed by atoms with E-state index in [1.165, 1.54) is 36.0 Å². The molecule has 100 valence electrons. The lowest BCUT2D eigenvalue weighted by molar-refractivity contribution is 0.151. The third-order valence-electron chi connectivity index (χ3n) is 4.20. The maximum atomic E-state index is 6.67. The van der Waals surface area contributed by atoms with Gasteiger partial charge in [0.2, 0.25) is 0 Å². The van der Waals surface area contributed by atoms with E-state index in [2.05, 4.69) is 45.9 Å². The van der Waals surface area contributed by atoms with Crippen LogP contribution in [0.3, 0.4) is 0 Å². The van der Waals surface area contributed by atoms with Gasteiger partial charge in [0.15, 0.2) is 0 Å². The van der Waals surface area contributed by atoms with E-state index >= 15 is 0 Å². The van der Waals surface area contributed by atoms with Crippen molar-refractivity contribution < 1.29 is 0 Å². The summed E-state index contributed by atoms with van der Waals surface area (Å²) in [5.41, 5.74) is 11.2. The predicted octanol–water partition coefficient (Wildman–Crippen LogP) is 4.14. The summed E-state index contributed by atoms with van der Waals surface area (Å²) in [5, 5.41) is 0. The Morgan fingerprint density at radius 1 is 1.06 bits per heavy atom. The fourth-order valence-corrected chi connectivity index (χ4v) is 3.78. The third kappa shape index (κ3) is 3.35. The minimum absolute atomic E-state index is 0.00197. The highest BCUT2D eigenvalue weighted by molar-refractivity contribution is 5.30. The first-order chi connectivity index (χ1) is 8.28. The largest absolute Gasteiger partial charge is 0.325 e. The van der Waals surface area contributed by atoms with Crippen molar-refractivity contribution in [3.05, 3.63) is 34.9 Å². The second-order valence-corrected chi connectivity index (χ2v) is 7.23. The summed E-state index contributed by atoms with van der Waals surface area (Å²) in [4.78, 5) is 0. The second kappa shape index (κ2) is 4.70. The van der Waals surface area contributed by atoms with Crippen LogP contribution in [0.2, 0.25) is 0 Å². The molecule has 0 bridgehead atoms. The van der Waals surface area contributed by atoms with Crippen molar-refractivity contribution in [1.82, 2.24) is 0 Å². The standard InChI is InChI=1S/C17H27N/c1-13-8-14(2)10-15(9-13)11-17(18)7-5-6-16(3,4)12-17/h8-10H,5-7,11-12,18H2,1-4H3. The van der Waals surface area contributed by atoms with E-state index in [0.717, 1.165) is 12.8 Å². The summed E-state index contributed by atoms with van der Waals surface area (Å²) < 4.78 is 0. The fraction of sp³-hybridized carbons (Fsp3) is 0.647. The van der Waals surface area contributed by atoms with Crippen LogP contribution in [0, 0.1) is 19.3 Å². The molecular formula is C17H27N. The van der Waals surface area contributed by atoms with Crippen LogP contribution in [0.25, 0.3) is 0 Å². The Morgan fingerprint density at radius 2 is 1.67 bits per heavy atom. The van der Waals surface area contributed by atoms with Crippen molar-refractivity contribution in [2.75, 3.05) is 0 Å². The zero-order chi connectivity index (χ0) is 13.4. The van der Waals surface area contributed by atoms with Crippen LogP contribution < -0.4 is 5.73 Å². The molecular weight excluding hydrogens is 218 g/mol. The van der Waals surface area contributed by atoms with E-state index in [-0.39, 0.29) is 5.54 Å². The van der Waals surface area contributed by atoms with Crippen LogP contribution in [0.15, 0.2) is 18.2 Å². The molecule has 0 spiro atoms. The molecule has 1 aliphatic rings. The van der Waals surface area contributed by atoms with Gasteiger partial charge in [-0.1, -0.05) is 49.6 Å². The Labute approximate surface area is 112 Å². The highest BCUT2D eigenvalue weighted by atomic mass is 14.8. The minimum Gasteiger partial charge on any atom is -0.325 e. The summed E-state index contributed by atoms with van der Waals surface area (Å²) in [6, 6.07) is 6.82. The molecule has 1 heteroatoms. The number of rotatable bonds is 2. The Balaban J connectivity index is 2.16. The molecule has 1 aliphatic carbocycles. The molecule has 1 fully saturated rings. The summed E-state index contributed by atoms with van der Waals surface area (Å²) in [6.07, 6.45) is 5.93. The predicted molar refractivity (Wildman–Crippen MR) is 78.8 cm³/mol. The van der Waals surface area contributed by atoms with Gasteiger partial charge in [0.05, 0.1) is 0 Å². The van der Waals surface area contributed by atoms with Gasteiger partial charge in [-0.2, -0.15) is 0 Å². The van der Waals surface area contributed by atoms with Crippen molar-refractivity contribution in [2.24, 2.45) is 11.1 Å². The SMILES string of the molecule is Cc1cc(C)cc(CC2(N)CCCC(C)(C)C2)c1. The van der Waals surface area contributed by atoms with Crippen molar-refractivity contribution in [1.29, 1.82) is 0 Å². The topological polar surface area (TPSA) is 26.0 Å². The monoisotopic (exact) mass is 245 g/mol. The molecule has 18 heavy (non-hydrogen) atoms. The van der Waals surface area contributed by atoms with Crippen LogP contribution in [-0.2, 0) is 6.42 Å². The minimum atomic E-state index is 0.00197. The van der Waals surface area contributed by atoms with Gasteiger partial charge >= 0.3 is 0 Å². The number of hydrogen-bond acceptors (Lipinski definition) is 1. The van der Waals surface area contributed by atoms with Gasteiger partial charge in [0, 0.05) is 5.54 Å². The van der Waals surface area contributed by atoms with E-state index in [4.69, 9.17) is 5.73 Å². The Bertz CT molecular complexity index is 413. The first kappa shape index (κ1) is 13.6. The molecule has 0 aromatic heterocycles. The average Bonchev–Trinajstić information content (AvgIpc) is 2.11. The average molecular weight is 245 g/mol. The quantitative estimate of drug-likeness (QED) is 0.832. The van der Waals surface area contributed by atoms with Gasteiger partial charge in [-0.15, -0.1) is 0 Å². The molecule has 0 radical (unpaired) electrons. The number of nitrogens with two attached hydrogens (primary N) is 1. The van der Waals surface area contributed by atoms with Crippen molar-refractivity contribution in [2.45, 2.75) is 65.3 Å². The van der Waals surface area contributed by atoms with Crippen molar-refractivity contribution in [3.63, 3.8) is 0 Å². The molecule has 0 amide bonds. The number of hydrogen-bond donors (Lipinski definition) is 1. The van der Waals surface area contributed by atoms with E-state index < -0.39 is 0 Å². The Morgan fingerprint density at radius 3 is 2.22 bits per heavy atom. The van der Waals surface area contributed by atoms with E-state index in [0.29, 0.717) is 5.41 Å². The summed E-state index contributed by atoms with van der Waals surface area (Å²) in [6.45, 7) is 9.06. The Kier molecular flexibility index (Phi) is 3.55. The Hall–Kier alpha value is -0.820. The first-order valence-corrected chi connectivity index (χ1v) is 7.14. The highest BCUT2D eigenvalue weighted by Crippen LogP contribution is 2.41. The maximum Gasteiger partial charge on any atom is 0.0200 e. The lowest BCUT2D eigenvalue weighted by Gasteiger charge is -2.43. The van der Waals surface area contributed by atoms with Crippen LogP contribution in [0.1, 0.15) is 56.2 Å². The van der Waals surface area contributed by atoms with Gasteiger partial charge in [0.25, 0.3) is 0 Å². The van der Waals surface area contributed by atoms with Gasteiger partial charge < -0.3 is 5.73 Å². The smallest absolute Gasteiger partial charge is 0.0200 e. The number of benzene rings is 1. The van der Waals surface area contributed by atoms with Crippen molar-refractivity contribution in [3.8, 4) is 0 Å². The zero-order valence-electron chi connectivity index (χ0n) is 12.3. The molecule has 1 saturated carbocycles. The lowest BCUT2D eigenvalue weighted by Crippen LogP contribution is -2.48. The van der Waals surface area contributed by atoms with Gasteiger partial charge in [0.1, 0.15) is 0 Å². The second-order valence-electron chi connectivity index (χ2n) is 7.23. The number of aryl methyl sites for hydroxylation is 2. The molecule has 1 unspecified atom stereocenters. The summed E-state index contributed by atoms with van der Waals surface area (Å²) >= 11 is 0. The van der Waals surface area contributed by atoms with Crippen LogP contribution in [0.5, 0.6) is 0 Å². The summed E-state index contributed by atoms with van der Waals surface area (Å²) in [5.74, 6) is 0. The zero-order valence-corrected chi connectivity index (χ0v) is 12.3. The van der Waals surface area contributed by atoms with E-state index in [9.17, 15) is 0 Å². The van der Waals surface area contributed by atoms with E-state index in [1.54, 1.807) is 0 Å². The lowest BCUT2D eigenvalue weighted by atomic mass is 9.66. The normalized spacial score (nSPS) is 27.2. The van der Waals surface area contributed by atoms with Gasteiger partial charge in [-0.05, 0) is 50.5 Å². The highest BCUT2D eigenvalue weighted by Gasteiger charge is 2.36. The molecule has 0 aliphatic heterocycles. The maximum absolute atomic E-state index is 6.67. The molecule has 1 aromatic carbocycles. The molecule has 1 atom stereocenters. The van der Waals surface area contributed by atoms with E-state index in [1.807, 2.05) is 0 Å². The van der Waals surface area contributed by atoms with Crippen molar-refractivity contribution >= 4 is 0 Å². The van der Waals surface area contributed by atoms with Gasteiger partial charge in [-0.3, -0.25) is 0 Å². The third-order valence-corrected chi connectivity index (χ3v) is 4.20. The molecule has 2 rings (SSSR count). The first-order valence-electron chi connectivity index (χ1n) is 7.14. The summed E-state index contributed by atoms with van der Waals surface area (Å²) in [7, 11) is 0. The molecule has 0 saturated heterocycles. The molecule has 2 N–H and O–H groups in total. The van der Waals surface area contributed by atoms with Crippen LogP contribution in [0.4, 0.5) is 0 Å². The van der Waals surface area contributed by atoms with Crippen LogP contribution >= 0.6 is 0 Å².